The Hall–Kier alpha value is -6.99. The highest BCUT2D eigenvalue weighted by Crippen LogP contribution is 2.41. The number of halogens is 3. The first kappa shape index (κ1) is 45.8. The number of amides is 2. The van der Waals surface area contributed by atoms with Crippen LogP contribution in [0, 0.1) is 5.41 Å². The van der Waals surface area contributed by atoms with E-state index in [-0.39, 0.29) is 34.8 Å². The second-order valence-electron chi connectivity index (χ2n) is 19.2. The molecule has 69 heavy (non-hydrogen) atoms. The summed E-state index contributed by atoms with van der Waals surface area (Å²) in [4.78, 5) is 56.3. The van der Waals surface area contributed by atoms with Gasteiger partial charge in [-0.3, -0.25) is 19.4 Å². The molecule has 4 aliphatic rings. The molecule has 16 nitrogen and oxygen atoms in total. The summed E-state index contributed by atoms with van der Waals surface area (Å²) in [5.41, 5.74) is 6.91. The van der Waals surface area contributed by atoms with Crippen LogP contribution in [0.2, 0.25) is 0 Å². The fourth-order valence-corrected chi connectivity index (χ4v) is 10.7. The highest BCUT2D eigenvalue weighted by molar-refractivity contribution is 6.06. The van der Waals surface area contributed by atoms with Gasteiger partial charge >= 0.3 is 6.18 Å². The highest BCUT2D eigenvalue weighted by Gasteiger charge is 2.38. The first-order valence-electron chi connectivity index (χ1n) is 23.3. The molecule has 1 aliphatic carbocycles. The fourth-order valence-electron chi connectivity index (χ4n) is 10.7. The SMILES string of the molecule is C=CC(=O)Nc1cc(Nc2nc(-c3ccnc(N4CCn5c(cc6c5CC(C)(C)C6)C4=O)c3CO)cnc2OC)ccc1N1CCN(C2CCN(c3cnc4[nH]c(C(F)(F)F)cc4c3)CC2)C[C@@H]1C. The average Bonchev–Trinajstić information content (AvgIpc) is 4.02. The van der Waals surface area contributed by atoms with Crippen molar-refractivity contribution in [3.8, 4) is 17.1 Å². The molecule has 0 radical (unpaired) electrons. The first-order chi connectivity index (χ1) is 33.1. The predicted octanol–water partition coefficient (Wildman–Crippen LogP) is 7.57. The number of ether oxygens (including phenoxy) is 1. The molecule has 0 bridgehead atoms. The third-order valence-electron chi connectivity index (χ3n) is 14.1. The molecule has 6 aromatic rings. The van der Waals surface area contributed by atoms with E-state index in [4.69, 9.17) is 9.72 Å². The maximum absolute atomic E-state index is 14.0. The van der Waals surface area contributed by atoms with Gasteiger partial charge in [-0.05, 0) is 92.1 Å². The number of alkyl halides is 3. The van der Waals surface area contributed by atoms with Gasteiger partial charge in [-0.25, -0.2) is 19.9 Å². The van der Waals surface area contributed by atoms with E-state index in [1.807, 2.05) is 24.3 Å². The molecule has 2 fully saturated rings. The summed E-state index contributed by atoms with van der Waals surface area (Å²) in [6.45, 7) is 14.8. The lowest BCUT2D eigenvalue weighted by atomic mass is 9.90. The van der Waals surface area contributed by atoms with E-state index in [0.29, 0.717) is 76.6 Å². The number of carbonyl (C=O) groups is 2. The molecular formula is C50H55F3N12O4. The summed E-state index contributed by atoms with van der Waals surface area (Å²) in [7, 11) is 1.50. The van der Waals surface area contributed by atoms with E-state index in [1.54, 1.807) is 35.6 Å². The Kier molecular flexibility index (Phi) is 11.8. The zero-order valence-electron chi connectivity index (χ0n) is 39.0. The van der Waals surface area contributed by atoms with Gasteiger partial charge in [0.1, 0.15) is 22.9 Å². The molecule has 3 aliphatic heterocycles. The van der Waals surface area contributed by atoms with Gasteiger partial charge in [0.05, 0.1) is 48.9 Å². The molecule has 0 saturated carbocycles. The standard InChI is InChI=1S/C50H55F3N12O4/c1-6-43(67)58-37-22-32(7-8-39(37)63-16-15-62(27-29(63)2)33-10-13-61(14-11-33)34-19-30-21-42(50(51,52)53)60-44(30)55-25-34)57-45-47(69-5)56-26-38(59-45)35-9-12-54-46(36(35)28-66)65-18-17-64-40(48(65)68)20-31-23-49(3,4)24-41(31)64/h6-9,12,19-22,25-26,29,33,66H,1,10-11,13-18,23-24,27-28H2,2-5H3,(H,55,60)(H,57,59)(H,58,67)/t29-/m0/s1. The van der Waals surface area contributed by atoms with Crippen molar-refractivity contribution in [3.63, 3.8) is 0 Å². The number of aliphatic hydroxyl groups is 1. The lowest BCUT2D eigenvalue weighted by Gasteiger charge is -2.47. The summed E-state index contributed by atoms with van der Waals surface area (Å²) in [5.74, 6) is 0.355. The Morgan fingerprint density at radius 1 is 1.01 bits per heavy atom. The maximum Gasteiger partial charge on any atom is 0.431 e. The van der Waals surface area contributed by atoms with Crippen LogP contribution in [-0.2, 0) is 37.0 Å². The molecule has 1 atom stereocenters. The van der Waals surface area contributed by atoms with Crippen LogP contribution in [0.3, 0.4) is 0 Å². The maximum atomic E-state index is 14.0. The van der Waals surface area contributed by atoms with Crippen molar-refractivity contribution in [1.82, 2.24) is 34.4 Å². The summed E-state index contributed by atoms with van der Waals surface area (Å²) >= 11 is 0. The molecule has 2 saturated heterocycles. The normalized spacial score (nSPS) is 18.6. The Balaban J connectivity index is 0.840. The van der Waals surface area contributed by atoms with Crippen molar-refractivity contribution < 1.29 is 32.6 Å². The third kappa shape index (κ3) is 8.73. The molecule has 5 aromatic heterocycles. The monoisotopic (exact) mass is 944 g/mol. The van der Waals surface area contributed by atoms with E-state index in [0.717, 1.165) is 69.3 Å². The van der Waals surface area contributed by atoms with Crippen LogP contribution in [0.4, 0.5) is 47.6 Å². The Morgan fingerprint density at radius 2 is 1.83 bits per heavy atom. The number of methoxy groups -OCH3 is 1. The number of piperazine rings is 1. The Labute approximate surface area is 397 Å². The number of H-pyrrole nitrogens is 1. The number of piperidine rings is 1. The quantitative estimate of drug-likeness (QED) is 0.0941. The molecule has 10 rings (SSSR count). The van der Waals surface area contributed by atoms with Crippen LogP contribution in [0.1, 0.15) is 66.6 Å². The molecular weight excluding hydrogens is 890 g/mol. The molecule has 19 heteroatoms. The largest absolute Gasteiger partial charge is 0.478 e. The van der Waals surface area contributed by atoms with Gasteiger partial charge in [-0.2, -0.15) is 13.2 Å². The summed E-state index contributed by atoms with van der Waals surface area (Å²) in [6.07, 6.45) is 5.21. The number of aromatic nitrogens is 6. The number of hydrogen-bond donors (Lipinski definition) is 4. The average molecular weight is 945 g/mol. The van der Waals surface area contributed by atoms with E-state index in [2.05, 4.69) is 77.2 Å². The fraction of sp³-hybridized carbons (Fsp3) is 0.400. The van der Waals surface area contributed by atoms with E-state index in [1.165, 1.54) is 24.4 Å². The molecule has 8 heterocycles. The topological polar surface area (TPSA) is 173 Å². The van der Waals surface area contributed by atoms with Crippen LogP contribution in [0.5, 0.6) is 5.88 Å². The molecule has 360 valence electrons. The van der Waals surface area contributed by atoms with Crippen molar-refractivity contribution in [1.29, 1.82) is 0 Å². The number of aliphatic hydroxyl groups excluding tert-OH is 1. The predicted molar refractivity (Wildman–Crippen MR) is 258 cm³/mol. The van der Waals surface area contributed by atoms with E-state index >= 15 is 0 Å². The van der Waals surface area contributed by atoms with Crippen LogP contribution < -0.4 is 30.1 Å². The van der Waals surface area contributed by atoms with Crippen LogP contribution >= 0.6 is 0 Å². The molecule has 2 amide bonds. The van der Waals surface area contributed by atoms with E-state index < -0.39 is 18.5 Å². The number of nitrogens with one attached hydrogen (secondary N) is 3. The summed E-state index contributed by atoms with van der Waals surface area (Å²) < 4.78 is 47.7. The number of carbonyl (C=O) groups excluding carboxylic acids is 2. The number of hydrogen-bond acceptors (Lipinski definition) is 12. The van der Waals surface area contributed by atoms with Crippen molar-refractivity contribution in [2.75, 3.05) is 71.7 Å². The zero-order valence-corrected chi connectivity index (χ0v) is 39.0. The number of fused-ring (bicyclic) bond motifs is 4. The number of anilines is 6. The summed E-state index contributed by atoms with van der Waals surface area (Å²) in [5, 5.41) is 17.6. The minimum atomic E-state index is -4.46. The first-order valence-corrected chi connectivity index (χ1v) is 23.3. The highest BCUT2D eigenvalue weighted by atomic mass is 19.4. The molecule has 4 N–H and O–H groups in total. The van der Waals surface area contributed by atoms with Gasteiger partial charge in [0, 0.05) is 92.0 Å². The zero-order chi connectivity index (χ0) is 48.4. The van der Waals surface area contributed by atoms with Gasteiger partial charge in [0.25, 0.3) is 11.8 Å². The second kappa shape index (κ2) is 17.8. The lowest BCUT2D eigenvalue weighted by Crippen LogP contribution is -2.57. The van der Waals surface area contributed by atoms with Crippen molar-refractivity contribution in [3.05, 3.63) is 102 Å². The third-order valence-corrected chi connectivity index (χ3v) is 14.1. The lowest BCUT2D eigenvalue weighted by molar-refractivity contribution is -0.140. The smallest absolute Gasteiger partial charge is 0.431 e. The van der Waals surface area contributed by atoms with Gasteiger partial charge in [0.2, 0.25) is 5.91 Å². The van der Waals surface area contributed by atoms with Crippen molar-refractivity contribution >= 4 is 57.2 Å². The van der Waals surface area contributed by atoms with Crippen molar-refractivity contribution in [2.45, 2.75) is 77.9 Å². The van der Waals surface area contributed by atoms with Crippen LogP contribution in [-0.4, -0.2) is 110 Å². The number of nitrogens with zero attached hydrogens (tertiary/aromatic N) is 9. The van der Waals surface area contributed by atoms with Crippen molar-refractivity contribution in [2.24, 2.45) is 5.41 Å². The summed E-state index contributed by atoms with van der Waals surface area (Å²) in [6, 6.07) is 12.8. The molecule has 0 unspecified atom stereocenters. The Bertz CT molecular complexity index is 2980. The number of aromatic amines is 1. The van der Waals surface area contributed by atoms with Gasteiger partial charge in [-0.1, -0.05) is 20.4 Å². The Morgan fingerprint density at radius 3 is 2.57 bits per heavy atom. The second-order valence-corrected chi connectivity index (χ2v) is 19.2. The van der Waals surface area contributed by atoms with Gasteiger partial charge < -0.3 is 39.8 Å². The van der Waals surface area contributed by atoms with Gasteiger partial charge in [-0.15, -0.1) is 0 Å². The van der Waals surface area contributed by atoms with Crippen LogP contribution in [0.15, 0.2) is 73.7 Å². The minimum absolute atomic E-state index is 0.0884. The molecule has 0 spiro atoms. The number of benzene rings is 1. The van der Waals surface area contributed by atoms with Gasteiger partial charge in [0.15, 0.2) is 5.82 Å². The van der Waals surface area contributed by atoms with E-state index in [9.17, 15) is 27.9 Å². The van der Waals surface area contributed by atoms with Crippen LogP contribution in [0.25, 0.3) is 22.3 Å². The number of pyridine rings is 2. The minimum Gasteiger partial charge on any atom is -0.478 e. The number of rotatable bonds is 11. The molecule has 1 aromatic carbocycles.